The molecule has 0 heterocycles. The summed E-state index contributed by atoms with van der Waals surface area (Å²) in [5, 5.41) is 17.7. The van der Waals surface area contributed by atoms with Gasteiger partial charge in [-0.05, 0) is 18.2 Å². The Bertz CT molecular complexity index is 490. The first-order valence-corrected chi connectivity index (χ1v) is 5.54. The van der Waals surface area contributed by atoms with Gasteiger partial charge >= 0.3 is 6.18 Å². The minimum atomic E-state index is -4.60. The molecule has 6 heteroatoms. The molecule has 0 radical (unpaired) electrons. The zero-order chi connectivity index (χ0) is 14.7. The third-order valence-electron chi connectivity index (χ3n) is 2.47. The third-order valence-corrected chi connectivity index (χ3v) is 2.47. The predicted molar refractivity (Wildman–Crippen MR) is 62.5 cm³/mol. The lowest BCUT2D eigenvalue weighted by Gasteiger charge is -2.22. The van der Waals surface area contributed by atoms with Gasteiger partial charge in [-0.1, -0.05) is 13.8 Å². The second kappa shape index (κ2) is 5.49. The van der Waals surface area contributed by atoms with Crippen molar-refractivity contribution in [2.24, 2.45) is 5.41 Å². The van der Waals surface area contributed by atoms with E-state index in [0.717, 1.165) is 12.1 Å². The number of ether oxygens (including phenoxy) is 1. The molecule has 0 saturated heterocycles. The van der Waals surface area contributed by atoms with Crippen molar-refractivity contribution >= 4 is 0 Å². The Kier molecular flexibility index (Phi) is 4.43. The number of halogens is 3. The van der Waals surface area contributed by atoms with Crippen LogP contribution in [0.5, 0.6) is 5.75 Å². The molecule has 1 rings (SSSR count). The van der Waals surface area contributed by atoms with Gasteiger partial charge in [-0.3, -0.25) is 0 Å². The quantitative estimate of drug-likeness (QED) is 0.917. The maximum absolute atomic E-state index is 12.7. The molecule has 0 bridgehead atoms. The van der Waals surface area contributed by atoms with Crippen LogP contribution in [0.1, 0.15) is 25.0 Å². The van der Waals surface area contributed by atoms with Crippen molar-refractivity contribution in [2.45, 2.75) is 20.0 Å². The number of aliphatic hydroxyl groups is 1. The van der Waals surface area contributed by atoms with Crippen molar-refractivity contribution in [1.82, 2.24) is 0 Å². The molecule has 0 spiro atoms. The van der Waals surface area contributed by atoms with Crippen LogP contribution in [-0.4, -0.2) is 18.3 Å². The van der Waals surface area contributed by atoms with Crippen LogP contribution in [0, 0.1) is 16.7 Å². The summed E-state index contributed by atoms with van der Waals surface area (Å²) in [6, 6.07) is 4.68. The van der Waals surface area contributed by atoms with Gasteiger partial charge in [0.1, 0.15) is 5.75 Å². The van der Waals surface area contributed by atoms with Crippen molar-refractivity contribution < 1.29 is 23.0 Å². The van der Waals surface area contributed by atoms with Gasteiger partial charge in [0.25, 0.3) is 0 Å². The zero-order valence-electron chi connectivity index (χ0n) is 10.6. The van der Waals surface area contributed by atoms with Gasteiger partial charge < -0.3 is 9.84 Å². The Morgan fingerprint density at radius 3 is 2.42 bits per heavy atom. The Hall–Kier alpha value is -1.74. The highest BCUT2D eigenvalue weighted by molar-refractivity contribution is 5.44. The molecular weight excluding hydrogens is 259 g/mol. The van der Waals surface area contributed by atoms with Gasteiger partial charge in [0.05, 0.1) is 30.4 Å². The molecule has 0 aliphatic rings. The van der Waals surface area contributed by atoms with Crippen LogP contribution < -0.4 is 4.74 Å². The number of nitriles is 1. The normalized spacial score (nSPS) is 12.1. The van der Waals surface area contributed by atoms with Gasteiger partial charge in [-0.15, -0.1) is 0 Å². The number of alkyl halides is 3. The SMILES string of the molecule is CC(C)(CO)COc1ccc(C#N)c(C(F)(F)F)c1. The van der Waals surface area contributed by atoms with Gasteiger partial charge in [0, 0.05) is 5.41 Å². The second-order valence-electron chi connectivity index (χ2n) is 4.93. The number of aliphatic hydroxyl groups excluding tert-OH is 1. The van der Waals surface area contributed by atoms with Crippen molar-refractivity contribution in [3.8, 4) is 11.8 Å². The van der Waals surface area contributed by atoms with Gasteiger partial charge in [0.15, 0.2) is 0 Å². The second-order valence-corrected chi connectivity index (χ2v) is 4.93. The first-order chi connectivity index (χ1) is 8.69. The standard InChI is InChI=1S/C13H14F3NO2/c1-12(2,7-18)8-19-10-4-3-9(6-17)11(5-10)13(14,15)16/h3-5,18H,7-8H2,1-2H3. The molecule has 0 aliphatic carbocycles. The highest BCUT2D eigenvalue weighted by Gasteiger charge is 2.34. The van der Waals surface area contributed by atoms with Crippen LogP contribution in [0.4, 0.5) is 13.2 Å². The van der Waals surface area contributed by atoms with Gasteiger partial charge in [-0.2, -0.15) is 18.4 Å². The molecule has 104 valence electrons. The summed E-state index contributed by atoms with van der Waals surface area (Å²) in [5.74, 6) is 0.0212. The number of hydrogen-bond donors (Lipinski definition) is 1. The van der Waals surface area contributed by atoms with Crippen LogP contribution in [0.2, 0.25) is 0 Å². The fourth-order valence-corrected chi connectivity index (χ4v) is 1.27. The summed E-state index contributed by atoms with van der Waals surface area (Å²) in [5.41, 5.74) is -2.01. The monoisotopic (exact) mass is 273 g/mol. The topological polar surface area (TPSA) is 53.2 Å². The van der Waals surface area contributed by atoms with E-state index in [0.29, 0.717) is 0 Å². The lowest BCUT2D eigenvalue weighted by atomic mass is 9.96. The lowest BCUT2D eigenvalue weighted by Crippen LogP contribution is -2.25. The van der Waals surface area contributed by atoms with E-state index in [1.54, 1.807) is 13.8 Å². The first kappa shape index (κ1) is 15.3. The molecule has 1 aromatic rings. The van der Waals surface area contributed by atoms with Crippen molar-refractivity contribution in [1.29, 1.82) is 5.26 Å². The fraction of sp³-hybridized carbons (Fsp3) is 0.462. The molecular formula is C13H14F3NO2. The minimum absolute atomic E-state index is 0.0212. The molecule has 1 aromatic carbocycles. The molecule has 3 nitrogen and oxygen atoms in total. The van der Waals surface area contributed by atoms with Crippen molar-refractivity contribution in [3.63, 3.8) is 0 Å². The Morgan fingerprint density at radius 2 is 1.95 bits per heavy atom. The lowest BCUT2D eigenvalue weighted by molar-refractivity contribution is -0.137. The van der Waals surface area contributed by atoms with E-state index in [1.807, 2.05) is 0 Å². The summed E-state index contributed by atoms with van der Waals surface area (Å²) in [4.78, 5) is 0. The number of rotatable bonds is 4. The molecule has 0 saturated carbocycles. The van der Waals surface area contributed by atoms with Crippen molar-refractivity contribution in [3.05, 3.63) is 29.3 Å². The van der Waals surface area contributed by atoms with Crippen molar-refractivity contribution in [2.75, 3.05) is 13.2 Å². The molecule has 0 unspecified atom stereocenters. The Labute approximate surface area is 109 Å². The molecule has 0 fully saturated rings. The highest BCUT2D eigenvalue weighted by Crippen LogP contribution is 2.34. The van der Waals surface area contributed by atoms with Crippen LogP contribution in [-0.2, 0) is 6.18 Å². The van der Waals surface area contributed by atoms with E-state index in [4.69, 9.17) is 15.1 Å². The number of nitrogens with zero attached hydrogens (tertiary/aromatic N) is 1. The third kappa shape index (κ3) is 4.14. The van der Waals surface area contributed by atoms with E-state index >= 15 is 0 Å². The maximum Gasteiger partial charge on any atom is 0.417 e. The smallest absolute Gasteiger partial charge is 0.417 e. The van der Waals surface area contributed by atoms with Crippen LogP contribution >= 0.6 is 0 Å². The Morgan fingerprint density at radius 1 is 1.32 bits per heavy atom. The molecule has 0 atom stereocenters. The average molecular weight is 273 g/mol. The molecule has 19 heavy (non-hydrogen) atoms. The molecule has 0 aromatic heterocycles. The van der Waals surface area contributed by atoms with E-state index in [9.17, 15) is 13.2 Å². The van der Waals surface area contributed by atoms with Crippen LogP contribution in [0.25, 0.3) is 0 Å². The fourth-order valence-electron chi connectivity index (χ4n) is 1.27. The zero-order valence-corrected chi connectivity index (χ0v) is 10.6. The first-order valence-electron chi connectivity index (χ1n) is 5.54. The Balaban J connectivity index is 2.98. The summed E-state index contributed by atoms with van der Waals surface area (Å²) in [6.07, 6.45) is -4.60. The van der Waals surface area contributed by atoms with Crippen LogP contribution in [0.15, 0.2) is 18.2 Å². The highest BCUT2D eigenvalue weighted by atomic mass is 19.4. The van der Waals surface area contributed by atoms with E-state index in [2.05, 4.69) is 0 Å². The van der Waals surface area contributed by atoms with E-state index in [1.165, 1.54) is 12.1 Å². The number of benzene rings is 1. The van der Waals surface area contributed by atoms with Gasteiger partial charge in [-0.25, -0.2) is 0 Å². The summed E-state index contributed by atoms with van der Waals surface area (Å²) in [7, 11) is 0. The summed E-state index contributed by atoms with van der Waals surface area (Å²) < 4.78 is 43.4. The molecule has 1 N–H and O–H groups in total. The molecule has 0 aliphatic heterocycles. The summed E-state index contributed by atoms with van der Waals surface area (Å²) >= 11 is 0. The largest absolute Gasteiger partial charge is 0.493 e. The number of hydrogen-bond acceptors (Lipinski definition) is 3. The van der Waals surface area contributed by atoms with E-state index in [-0.39, 0.29) is 19.0 Å². The maximum atomic E-state index is 12.7. The molecule has 0 amide bonds. The summed E-state index contributed by atoms with van der Waals surface area (Å²) in [6.45, 7) is 3.38. The van der Waals surface area contributed by atoms with Crippen LogP contribution in [0.3, 0.4) is 0 Å². The minimum Gasteiger partial charge on any atom is -0.493 e. The average Bonchev–Trinajstić information content (AvgIpc) is 2.35. The van der Waals surface area contributed by atoms with E-state index < -0.39 is 22.7 Å². The predicted octanol–water partition coefficient (Wildman–Crippen LogP) is 2.97. The van der Waals surface area contributed by atoms with Gasteiger partial charge in [0.2, 0.25) is 0 Å².